The van der Waals surface area contributed by atoms with Crippen LogP contribution in [0.1, 0.15) is 21.6 Å². The van der Waals surface area contributed by atoms with Crippen molar-refractivity contribution in [1.29, 1.82) is 0 Å². The van der Waals surface area contributed by atoms with Gasteiger partial charge in [-0.05, 0) is 35.9 Å². The van der Waals surface area contributed by atoms with Gasteiger partial charge in [-0.25, -0.2) is 15.0 Å². The molecule has 0 aliphatic carbocycles. The first-order valence-electron chi connectivity index (χ1n) is 7.81. The molecule has 0 bridgehead atoms. The number of carbonyl (C=O) groups is 1. The zero-order valence-electron chi connectivity index (χ0n) is 13.9. The van der Waals surface area contributed by atoms with E-state index in [1.54, 1.807) is 12.3 Å². The molecule has 0 saturated carbocycles. The minimum atomic E-state index is -4.67. The van der Waals surface area contributed by atoms with E-state index in [4.69, 9.17) is 5.73 Å². The van der Waals surface area contributed by atoms with Gasteiger partial charge in [0.05, 0.1) is 17.8 Å². The number of primary amides is 1. The number of pyridine rings is 1. The van der Waals surface area contributed by atoms with Gasteiger partial charge in [0, 0.05) is 23.5 Å². The van der Waals surface area contributed by atoms with Gasteiger partial charge in [0.1, 0.15) is 12.1 Å². The number of carbonyl (C=O) groups excluding carboxylic acids is 1. The van der Waals surface area contributed by atoms with E-state index in [9.17, 15) is 18.0 Å². The van der Waals surface area contributed by atoms with Crippen molar-refractivity contribution in [3.05, 3.63) is 71.9 Å². The molecule has 27 heavy (non-hydrogen) atoms. The summed E-state index contributed by atoms with van der Waals surface area (Å²) < 4.78 is 40.7. The van der Waals surface area contributed by atoms with E-state index in [1.807, 2.05) is 0 Å². The molecule has 3 aromatic rings. The highest BCUT2D eigenvalue weighted by Crippen LogP contribution is 2.39. The van der Waals surface area contributed by atoms with Crippen LogP contribution in [-0.4, -0.2) is 20.9 Å². The van der Waals surface area contributed by atoms with Crippen LogP contribution < -0.4 is 11.1 Å². The van der Waals surface area contributed by atoms with Crippen LogP contribution in [0.5, 0.6) is 0 Å². The maximum atomic E-state index is 13.6. The lowest BCUT2D eigenvalue weighted by atomic mass is 9.97. The first-order chi connectivity index (χ1) is 12.9. The van der Waals surface area contributed by atoms with Crippen molar-refractivity contribution in [3.63, 3.8) is 0 Å². The summed E-state index contributed by atoms with van der Waals surface area (Å²) in [7, 11) is 0. The highest BCUT2D eigenvalue weighted by atomic mass is 19.4. The largest absolute Gasteiger partial charge is 0.417 e. The van der Waals surface area contributed by atoms with Gasteiger partial charge in [-0.15, -0.1) is 0 Å². The molecule has 0 atom stereocenters. The summed E-state index contributed by atoms with van der Waals surface area (Å²) in [5.41, 5.74) is 4.73. The zero-order chi connectivity index (χ0) is 19.4. The van der Waals surface area contributed by atoms with Gasteiger partial charge >= 0.3 is 6.18 Å². The Bertz CT molecular complexity index is 961. The third-order valence-corrected chi connectivity index (χ3v) is 3.79. The molecule has 1 aromatic carbocycles. The Balaban J connectivity index is 2.03. The number of benzene rings is 1. The van der Waals surface area contributed by atoms with Crippen LogP contribution in [0, 0.1) is 0 Å². The van der Waals surface area contributed by atoms with Crippen molar-refractivity contribution >= 4 is 11.7 Å². The molecule has 3 N–H and O–H groups in total. The average Bonchev–Trinajstić information content (AvgIpc) is 2.66. The molecular weight excluding hydrogens is 359 g/mol. The number of aromatic nitrogens is 3. The molecule has 3 rings (SSSR count). The van der Waals surface area contributed by atoms with Crippen LogP contribution in [0.4, 0.5) is 19.0 Å². The second-order valence-electron chi connectivity index (χ2n) is 5.58. The summed E-state index contributed by atoms with van der Waals surface area (Å²) in [6.45, 7) is 0.257. The van der Waals surface area contributed by atoms with Crippen LogP contribution in [0.25, 0.3) is 11.1 Å². The molecule has 0 saturated heterocycles. The van der Waals surface area contributed by atoms with Crippen molar-refractivity contribution < 1.29 is 18.0 Å². The first-order valence-corrected chi connectivity index (χ1v) is 7.81. The normalized spacial score (nSPS) is 11.2. The zero-order valence-corrected chi connectivity index (χ0v) is 13.9. The molecular formula is C18H14F3N5O. The van der Waals surface area contributed by atoms with Crippen molar-refractivity contribution in [2.45, 2.75) is 12.7 Å². The number of alkyl halides is 3. The Morgan fingerprint density at radius 2 is 1.89 bits per heavy atom. The SMILES string of the molecule is NC(=O)c1ccc(-c2cccnc2NCc2ccncn2)c(C(F)(F)F)c1. The fraction of sp³-hybridized carbons (Fsp3) is 0.111. The summed E-state index contributed by atoms with van der Waals surface area (Å²) in [5.74, 6) is -0.672. The maximum Gasteiger partial charge on any atom is 0.417 e. The van der Waals surface area contributed by atoms with Gasteiger partial charge in [0.15, 0.2) is 0 Å². The molecule has 0 aliphatic rings. The third kappa shape index (κ3) is 4.20. The molecule has 0 spiro atoms. The van der Waals surface area contributed by atoms with E-state index >= 15 is 0 Å². The molecule has 0 radical (unpaired) electrons. The maximum absolute atomic E-state index is 13.6. The number of amides is 1. The Morgan fingerprint density at radius 3 is 2.56 bits per heavy atom. The Labute approximate surface area is 152 Å². The van der Waals surface area contributed by atoms with E-state index in [-0.39, 0.29) is 29.1 Å². The van der Waals surface area contributed by atoms with Gasteiger partial charge in [-0.2, -0.15) is 13.2 Å². The van der Waals surface area contributed by atoms with Crippen molar-refractivity contribution in [2.24, 2.45) is 5.73 Å². The lowest BCUT2D eigenvalue weighted by molar-refractivity contribution is -0.137. The molecule has 0 fully saturated rings. The van der Waals surface area contributed by atoms with E-state index in [2.05, 4.69) is 20.3 Å². The van der Waals surface area contributed by atoms with Gasteiger partial charge in [-0.3, -0.25) is 4.79 Å². The van der Waals surface area contributed by atoms with Gasteiger partial charge in [-0.1, -0.05) is 6.07 Å². The number of anilines is 1. The predicted octanol–water partition coefficient (Wildman–Crippen LogP) is 3.27. The Kier molecular flexibility index (Phi) is 5.02. The Hall–Kier alpha value is -3.49. The predicted molar refractivity (Wildman–Crippen MR) is 92.6 cm³/mol. The van der Waals surface area contributed by atoms with E-state index in [0.29, 0.717) is 5.69 Å². The number of hydrogen-bond acceptors (Lipinski definition) is 5. The van der Waals surface area contributed by atoms with Gasteiger partial charge in [0.25, 0.3) is 0 Å². The number of nitrogens with one attached hydrogen (secondary N) is 1. The van der Waals surface area contributed by atoms with E-state index < -0.39 is 17.6 Å². The summed E-state index contributed by atoms with van der Waals surface area (Å²) in [5, 5.41) is 2.98. The highest BCUT2D eigenvalue weighted by Gasteiger charge is 2.35. The fourth-order valence-corrected chi connectivity index (χ4v) is 2.53. The number of rotatable bonds is 5. The lowest BCUT2D eigenvalue weighted by Gasteiger charge is -2.16. The molecule has 138 valence electrons. The van der Waals surface area contributed by atoms with Crippen LogP contribution in [0.15, 0.2) is 55.1 Å². The van der Waals surface area contributed by atoms with Crippen molar-refractivity contribution in [1.82, 2.24) is 15.0 Å². The average molecular weight is 373 g/mol. The van der Waals surface area contributed by atoms with Gasteiger partial charge < -0.3 is 11.1 Å². The number of hydrogen-bond donors (Lipinski definition) is 2. The number of nitrogens with zero attached hydrogens (tertiary/aromatic N) is 3. The quantitative estimate of drug-likeness (QED) is 0.716. The highest BCUT2D eigenvalue weighted by molar-refractivity contribution is 5.94. The first kappa shape index (κ1) is 18.3. The minimum absolute atomic E-state index is 0.106. The molecule has 6 nitrogen and oxygen atoms in total. The molecule has 0 aliphatic heterocycles. The summed E-state index contributed by atoms with van der Waals surface area (Å²) in [6, 6.07) is 7.96. The van der Waals surface area contributed by atoms with Gasteiger partial charge in [0.2, 0.25) is 5.91 Å². The fourth-order valence-electron chi connectivity index (χ4n) is 2.53. The molecule has 2 aromatic heterocycles. The summed E-state index contributed by atoms with van der Waals surface area (Å²) in [6.07, 6.45) is -0.258. The van der Waals surface area contributed by atoms with Crippen molar-refractivity contribution in [3.8, 4) is 11.1 Å². The van der Waals surface area contributed by atoms with Crippen molar-refractivity contribution in [2.75, 3.05) is 5.32 Å². The standard InChI is InChI=1S/C18H14F3N5O/c19-18(20,21)15-8-11(16(22)27)3-4-13(15)14-2-1-6-24-17(14)25-9-12-5-7-23-10-26-12/h1-8,10H,9H2,(H2,22,27)(H,24,25). The second kappa shape index (κ2) is 7.40. The van der Waals surface area contributed by atoms with Crippen LogP contribution in [0.2, 0.25) is 0 Å². The van der Waals surface area contributed by atoms with Crippen LogP contribution in [-0.2, 0) is 12.7 Å². The lowest BCUT2D eigenvalue weighted by Crippen LogP contribution is -2.15. The molecule has 0 unspecified atom stereocenters. The topological polar surface area (TPSA) is 93.8 Å². The number of nitrogens with two attached hydrogens (primary N) is 1. The third-order valence-electron chi connectivity index (χ3n) is 3.79. The van der Waals surface area contributed by atoms with Crippen LogP contribution >= 0.6 is 0 Å². The Morgan fingerprint density at radius 1 is 1.07 bits per heavy atom. The monoisotopic (exact) mass is 373 g/mol. The molecule has 2 heterocycles. The smallest absolute Gasteiger partial charge is 0.366 e. The summed E-state index contributed by atoms with van der Waals surface area (Å²) in [4.78, 5) is 23.3. The summed E-state index contributed by atoms with van der Waals surface area (Å²) >= 11 is 0. The van der Waals surface area contributed by atoms with Crippen LogP contribution in [0.3, 0.4) is 0 Å². The molecule has 1 amide bonds. The molecule has 9 heteroatoms. The minimum Gasteiger partial charge on any atom is -0.366 e. The number of halogens is 3. The second-order valence-corrected chi connectivity index (χ2v) is 5.58. The van der Waals surface area contributed by atoms with E-state index in [1.165, 1.54) is 36.8 Å². The van der Waals surface area contributed by atoms with E-state index in [0.717, 1.165) is 6.07 Å².